The Bertz CT molecular complexity index is 1490. The van der Waals surface area contributed by atoms with Crippen LogP contribution in [-0.2, 0) is 20.9 Å². The molecule has 1 atom stereocenters. The molecule has 0 fully saturated rings. The second-order valence-corrected chi connectivity index (χ2v) is 9.64. The Morgan fingerprint density at radius 3 is 2.56 bits per heavy atom. The van der Waals surface area contributed by atoms with E-state index in [1.165, 1.54) is 24.1 Å². The first-order valence-corrected chi connectivity index (χ1v) is 13.1. The molecule has 3 amide bonds. The number of anilines is 1. The third-order valence-corrected chi connectivity index (χ3v) is 6.98. The lowest BCUT2D eigenvalue weighted by Gasteiger charge is -2.25. The fourth-order valence-corrected chi connectivity index (χ4v) is 4.95. The van der Waals surface area contributed by atoms with Crippen LogP contribution in [0.15, 0.2) is 82.8 Å². The number of methoxy groups -OCH3 is 1. The highest BCUT2D eigenvalue weighted by Crippen LogP contribution is 2.34. The van der Waals surface area contributed by atoms with Crippen LogP contribution in [0.2, 0.25) is 0 Å². The van der Waals surface area contributed by atoms with E-state index in [0.717, 1.165) is 17.3 Å². The Morgan fingerprint density at radius 2 is 1.77 bits per heavy atom. The van der Waals surface area contributed by atoms with E-state index in [1.807, 2.05) is 18.2 Å². The number of nitrogens with one attached hydrogen (secondary N) is 2. The molecule has 198 valence electrons. The fourth-order valence-electron chi connectivity index (χ4n) is 4.15. The van der Waals surface area contributed by atoms with Crippen molar-refractivity contribution in [3.63, 3.8) is 0 Å². The quantitative estimate of drug-likeness (QED) is 0.446. The van der Waals surface area contributed by atoms with Crippen molar-refractivity contribution in [3.05, 3.63) is 89.7 Å². The van der Waals surface area contributed by atoms with E-state index in [-0.39, 0.29) is 36.4 Å². The van der Waals surface area contributed by atoms with Crippen molar-refractivity contribution in [3.8, 4) is 5.75 Å². The molecular formula is C28H24FN5O4S. The monoisotopic (exact) mass is 545 g/mol. The normalized spacial score (nSPS) is 15.6. The molecule has 2 N–H and O–H groups in total. The second kappa shape index (κ2) is 11.5. The summed E-state index contributed by atoms with van der Waals surface area (Å²) in [4.78, 5) is 49.3. The number of hydrogen-bond acceptors (Lipinski definition) is 7. The summed E-state index contributed by atoms with van der Waals surface area (Å²) in [7, 11) is 1.52. The van der Waals surface area contributed by atoms with Gasteiger partial charge in [-0.25, -0.2) is 14.3 Å². The van der Waals surface area contributed by atoms with Crippen LogP contribution in [0.1, 0.15) is 17.5 Å². The number of halogens is 1. The van der Waals surface area contributed by atoms with Crippen LogP contribution >= 0.6 is 11.8 Å². The number of ether oxygens (including phenoxy) is 1. The molecule has 3 aromatic rings. The number of rotatable bonds is 8. The van der Waals surface area contributed by atoms with E-state index in [1.54, 1.807) is 42.5 Å². The Hall–Kier alpha value is -4.51. The Morgan fingerprint density at radius 1 is 1.03 bits per heavy atom. The summed E-state index contributed by atoms with van der Waals surface area (Å²) in [5.41, 5.74) is 2.56. The van der Waals surface area contributed by atoms with E-state index in [2.05, 4.69) is 20.6 Å². The van der Waals surface area contributed by atoms with Gasteiger partial charge in [-0.15, -0.1) is 0 Å². The molecule has 2 aliphatic rings. The molecule has 0 bridgehead atoms. The maximum absolute atomic E-state index is 13.4. The second-order valence-electron chi connectivity index (χ2n) is 8.70. The van der Waals surface area contributed by atoms with Gasteiger partial charge in [0.05, 0.1) is 30.7 Å². The van der Waals surface area contributed by atoms with Crippen LogP contribution in [0.5, 0.6) is 5.75 Å². The molecule has 0 radical (unpaired) electrons. The van der Waals surface area contributed by atoms with E-state index >= 15 is 0 Å². The Labute approximate surface area is 228 Å². The van der Waals surface area contributed by atoms with Gasteiger partial charge in [0.25, 0.3) is 5.91 Å². The summed E-state index contributed by atoms with van der Waals surface area (Å²) < 4.78 is 18.4. The molecule has 9 nitrogen and oxygen atoms in total. The zero-order chi connectivity index (χ0) is 27.4. The number of fused-ring (bicyclic) bond motifs is 3. The largest absolute Gasteiger partial charge is 0.495 e. The number of nitrogens with zero attached hydrogens (tertiary/aromatic N) is 3. The van der Waals surface area contributed by atoms with Gasteiger partial charge < -0.3 is 15.4 Å². The first kappa shape index (κ1) is 26.1. The van der Waals surface area contributed by atoms with Crippen molar-refractivity contribution in [2.24, 2.45) is 9.98 Å². The van der Waals surface area contributed by atoms with Gasteiger partial charge >= 0.3 is 0 Å². The molecule has 39 heavy (non-hydrogen) atoms. The van der Waals surface area contributed by atoms with Crippen molar-refractivity contribution in [1.82, 2.24) is 10.2 Å². The van der Waals surface area contributed by atoms with Gasteiger partial charge in [0.15, 0.2) is 5.17 Å². The predicted molar refractivity (Wildman–Crippen MR) is 148 cm³/mol. The predicted octanol–water partition coefficient (Wildman–Crippen LogP) is 3.87. The molecule has 5 rings (SSSR count). The van der Waals surface area contributed by atoms with Gasteiger partial charge in [-0.2, -0.15) is 0 Å². The molecule has 0 saturated heterocycles. The van der Waals surface area contributed by atoms with Gasteiger partial charge in [-0.3, -0.25) is 19.4 Å². The molecule has 0 aromatic heterocycles. The lowest BCUT2D eigenvalue weighted by Crippen LogP contribution is -2.42. The van der Waals surface area contributed by atoms with Crippen LogP contribution in [0.25, 0.3) is 0 Å². The summed E-state index contributed by atoms with van der Waals surface area (Å²) >= 11 is 1.10. The number of amidine groups is 2. The Balaban J connectivity index is 1.28. The van der Waals surface area contributed by atoms with E-state index in [0.29, 0.717) is 33.7 Å². The molecule has 2 heterocycles. The first-order chi connectivity index (χ1) is 18.9. The molecule has 3 aromatic carbocycles. The number of carbonyl (C=O) groups excluding carboxylic acids is 3. The number of hydrogen-bond donors (Lipinski definition) is 2. The molecule has 0 spiro atoms. The summed E-state index contributed by atoms with van der Waals surface area (Å²) in [5, 5.41) is 5.87. The average molecular weight is 546 g/mol. The van der Waals surface area contributed by atoms with Crippen LogP contribution in [0, 0.1) is 5.82 Å². The number of thioether (sulfide) groups is 1. The van der Waals surface area contributed by atoms with Crippen LogP contribution in [-0.4, -0.2) is 52.5 Å². The van der Waals surface area contributed by atoms with Crippen molar-refractivity contribution >= 4 is 51.9 Å². The van der Waals surface area contributed by atoms with E-state index < -0.39 is 11.9 Å². The summed E-state index contributed by atoms with van der Waals surface area (Å²) in [6.45, 7) is 0.201. The highest BCUT2D eigenvalue weighted by atomic mass is 32.2. The van der Waals surface area contributed by atoms with Crippen molar-refractivity contribution in [2.75, 3.05) is 18.2 Å². The van der Waals surface area contributed by atoms with Crippen LogP contribution < -0.4 is 15.4 Å². The van der Waals surface area contributed by atoms with Crippen LogP contribution in [0.3, 0.4) is 0 Å². The van der Waals surface area contributed by atoms with Crippen molar-refractivity contribution in [1.29, 1.82) is 0 Å². The zero-order valence-corrected chi connectivity index (χ0v) is 21.7. The van der Waals surface area contributed by atoms with Crippen LogP contribution in [0.4, 0.5) is 15.8 Å². The molecule has 0 saturated carbocycles. The maximum Gasteiger partial charge on any atom is 0.259 e. The van der Waals surface area contributed by atoms with Gasteiger partial charge in [0, 0.05) is 12.1 Å². The summed E-state index contributed by atoms with van der Waals surface area (Å²) in [6, 6.07) is 19.2. The highest BCUT2D eigenvalue weighted by molar-refractivity contribution is 8.14. The number of benzene rings is 3. The minimum absolute atomic E-state index is 0.0149. The molecular weight excluding hydrogens is 521 g/mol. The number of aliphatic imine (C=N–C) groups is 2. The SMILES string of the molecule is COc1ccccc1NC(=O)CSC1=Nc2ccccc2C2=N[C@@H](CC(=O)NCc3ccc(F)cc3)C(=O)N12. The Kier molecular flexibility index (Phi) is 7.69. The average Bonchev–Trinajstić information content (AvgIpc) is 3.27. The van der Waals surface area contributed by atoms with E-state index in [4.69, 9.17) is 4.74 Å². The van der Waals surface area contributed by atoms with Crippen molar-refractivity contribution in [2.45, 2.75) is 19.0 Å². The summed E-state index contributed by atoms with van der Waals surface area (Å²) in [5.74, 6) is -0.502. The number of carbonyl (C=O) groups is 3. The van der Waals surface area contributed by atoms with Gasteiger partial charge in [0.1, 0.15) is 23.4 Å². The number of para-hydroxylation sites is 3. The molecule has 2 aliphatic heterocycles. The lowest BCUT2D eigenvalue weighted by atomic mass is 10.1. The summed E-state index contributed by atoms with van der Waals surface area (Å²) in [6.07, 6.45) is -0.158. The highest BCUT2D eigenvalue weighted by Gasteiger charge is 2.42. The standard InChI is InChI=1S/C28H24FN5O4S/c1-38-23-9-5-4-8-21(23)31-25(36)16-39-28-33-20-7-3-2-6-19(20)26-32-22(27(37)34(26)28)14-24(35)30-15-17-10-12-18(29)13-11-17/h2-13,22H,14-16H2,1H3,(H,30,35)(H,31,36)/t22-/m0/s1. The zero-order valence-electron chi connectivity index (χ0n) is 20.9. The third-order valence-electron chi connectivity index (χ3n) is 6.04. The van der Waals surface area contributed by atoms with E-state index in [9.17, 15) is 18.8 Å². The molecule has 11 heteroatoms. The molecule has 0 aliphatic carbocycles. The smallest absolute Gasteiger partial charge is 0.259 e. The van der Waals surface area contributed by atoms with Gasteiger partial charge in [0.2, 0.25) is 11.8 Å². The van der Waals surface area contributed by atoms with Crippen molar-refractivity contribution < 1.29 is 23.5 Å². The minimum atomic E-state index is -0.937. The van der Waals surface area contributed by atoms with Gasteiger partial charge in [-0.05, 0) is 42.0 Å². The number of amides is 3. The third kappa shape index (κ3) is 5.83. The fraction of sp³-hybridized carbons (Fsp3) is 0.179. The topological polar surface area (TPSA) is 112 Å². The lowest BCUT2D eigenvalue weighted by molar-refractivity contribution is -0.128. The maximum atomic E-state index is 13.4. The minimum Gasteiger partial charge on any atom is -0.495 e. The first-order valence-electron chi connectivity index (χ1n) is 12.1. The molecule has 0 unspecified atom stereocenters. The van der Waals surface area contributed by atoms with Gasteiger partial charge in [-0.1, -0.05) is 48.2 Å².